The molecule has 1 fully saturated rings. The van der Waals surface area contributed by atoms with E-state index in [9.17, 15) is 9.59 Å². The van der Waals surface area contributed by atoms with Crippen molar-refractivity contribution in [2.45, 2.75) is 32.4 Å². The second-order valence-electron chi connectivity index (χ2n) is 7.73. The minimum atomic E-state index is -0.538. The number of rotatable bonds is 7. The molecule has 3 aromatic rings. The van der Waals surface area contributed by atoms with E-state index < -0.39 is 6.04 Å². The topological polar surface area (TPSA) is 127 Å². The molecule has 2 aromatic heterocycles. The van der Waals surface area contributed by atoms with Crippen molar-refractivity contribution in [1.29, 1.82) is 0 Å². The first-order valence-electron chi connectivity index (χ1n) is 10.6. The van der Waals surface area contributed by atoms with E-state index in [4.69, 9.17) is 22.1 Å². The van der Waals surface area contributed by atoms with Gasteiger partial charge in [-0.2, -0.15) is 4.98 Å². The molecule has 0 saturated carbocycles. The first-order chi connectivity index (χ1) is 16.0. The number of hydrogen-bond acceptors (Lipinski definition) is 8. The quantitative estimate of drug-likeness (QED) is 0.557. The third kappa shape index (κ3) is 5.11. The molecule has 0 aliphatic carbocycles. The van der Waals surface area contributed by atoms with E-state index in [0.717, 1.165) is 22.9 Å². The van der Waals surface area contributed by atoms with E-state index in [0.29, 0.717) is 31.9 Å². The SMILES string of the molecule is CCCC1C(=O)N(Cc2ccc3c(N)ncnc3c2)CCN1C(=O)COc1cncc(Cl)n1. The van der Waals surface area contributed by atoms with Gasteiger partial charge in [-0.15, -0.1) is 0 Å². The Morgan fingerprint density at radius 2 is 2.12 bits per heavy atom. The minimum absolute atomic E-state index is 0.0821. The van der Waals surface area contributed by atoms with Crippen LogP contribution >= 0.6 is 11.6 Å². The zero-order valence-electron chi connectivity index (χ0n) is 18.1. The Labute approximate surface area is 195 Å². The summed E-state index contributed by atoms with van der Waals surface area (Å²) in [6.07, 6.45) is 5.52. The number of hydrogen-bond donors (Lipinski definition) is 1. The molecule has 10 nitrogen and oxygen atoms in total. The summed E-state index contributed by atoms with van der Waals surface area (Å²) in [5, 5.41) is 0.951. The lowest BCUT2D eigenvalue weighted by atomic mass is 10.0. The standard InChI is InChI=1S/C22H24ClN7O3/c1-2-3-17-22(32)29(11-14-4-5-15-16(8-14)26-13-27-21(15)24)6-7-30(17)20(31)12-33-19-10-25-9-18(23)28-19/h4-5,8-10,13,17H,2-3,6-7,11-12H2,1H3,(H2,24,26,27). The lowest BCUT2D eigenvalue weighted by molar-refractivity contribution is -0.153. The number of aromatic nitrogens is 4. The van der Waals surface area contributed by atoms with Crippen molar-refractivity contribution in [3.63, 3.8) is 0 Å². The summed E-state index contributed by atoms with van der Waals surface area (Å²) < 4.78 is 5.44. The predicted octanol–water partition coefficient (Wildman–Crippen LogP) is 2.07. The maximum absolute atomic E-state index is 13.3. The van der Waals surface area contributed by atoms with E-state index >= 15 is 0 Å². The van der Waals surface area contributed by atoms with Crippen LogP contribution in [0.3, 0.4) is 0 Å². The summed E-state index contributed by atoms with van der Waals surface area (Å²) in [4.78, 5) is 45.6. The van der Waals surface area contributed by atoms with Crippen LogP contribution in [0.2, 0.25) is 5.15 Å². The number of nitrogens with two attached hydrogens (primary N) is 1. The van der Waals surface area contributed by atoms with Crippen LogP contribution in [0.4, 0.5) is 5.82 Å². The second-order valence-corrected chi connectivity index (χ2v) is 8.12. The van der Waals surface area contributed by atoms with Crippen LogP contribution in [0.1, 0.15) is 25.3 Å². The zero-order chi connectivity index (χ0) is 23.4. The van der Waals surface area contributed by atoms with E-state index in [1.807, 2.05) is 25.1 Å². The van der Waals surface area contributed by atoms with Gasteiger partial charge in [-0.1, -0.05) is 31.0 Å². The fourth-order valence-electron chi connectivity index (χ4n) is 3.90. The Morgan fingerprint density at radius 1 is 1.27 bits per heavy atom. The summed E-state index contributed by atoms with van der Waals surface area (Å²) in [5.41, 5.74) is 7.57. The fourth-order valence-corrected chi connectivity index (χ4v) is 4.04. The van der Waals surface area contributed by atoms with Crippen LogP contribution in [0.5, 0.6) is 5.88 Å². The van der Waals surface area contributed by atoms with Crippen LogP contribution in [0.25, 0.3) is 10.9 Å². The average Bonchev–Trinajstić information content (AvgIpc) is 2.80. The largest absolute Gasteiger partial charge is 0.466 e. The molecule has 172 valence electrons. The lowest BCUT2D eigenvalue weighted by Gasteiger charge is -2.40. The first kappa shape index (κ1) is 22.7. The van der Waals surface area contributed by atoms with Gasteiger partial charge in [0.25, 0.3) is 5.91 Å². The monoisotopic (exact) mass is 469 g/mol. The molecule has 4 rings (SSSR count). The van der Waals surface area contributed by atoms with Crippen molar-refractivity contribution in [2.75, 3.05) is 25.4 Å². The number of amides is 2. The van der Waals surface area contributed by atoms with Crippen molar-refractivity contribution in [1.82, 2.24) is 29.7 Å². The summed E-state index contributed by atoms with van der Waals surface area (Å²) in [6, 6.07) is 5.15. The van der Waals surface area contributed by atoms with E-state index in [2.05, 4.69) is 19.9 Å². The number of piperazine rings is 1. The summed E-state index contributed by atoms with van der Waals surface area (Å²) in [6.45, 7) is 3.01. The van der Waals surface area contributed by atoms with Crippen LogP contribution in [-0.2, 0) is 16.1 Å². The smallest absolute Gasteiger partial charge is 0.261 e. The molecular weight excluding hydrogens is 446 g/mol. The van der Waals surface area contributed by atoms with Crippen LogP contribution in [0.15, 0.2) is 36.9 Å². The number of nitrogen functional groups attached to an aromatic ring is 1. The maximum atomic E-state index is 13.3. The molecule has 1 atom stereocenters. The maximum Gasteiger partial charge on any atom is 0.261 e. The highest BCUT2D eigenvalue weighted by Crippen LogP contribution is 2.22. The normalized spacial score (nSPS) is 16.3. The number of halogens is 1. The molecule has 0 bridgehead atoms. The zero-order valence-corrected chi connectivity index (χ0v) is 18.9. The molecule has 2 N–H and O–H groups in total. The van der Waals surface area contributed by atoms with Crippen molar-refractivity contribution >= 4 is 40.1 Å². The predicted molar refractivity (Wildman–Crippen MR) is 122 cm³/mol. The molecule has 1 saturated heterocycles. The third-order valence-electron chi connectivity index (χ3n) is 5.50. The van der Waals surface area contributed by atoms with Crippen molar-refractivity contribution in [3.8, 4) is 5.88 Å². The van der Waals surface area contributed by atoms with Gasteiger partial charge in [0.2, 0.25) is 11.8 Å². The molecule has 33 heavy (non-hydrogen) atoms. The molecule has 1 unspecified atom stereocenters. The number of carbonyl (C=O) groups is 2. The van der Waals surface area contributed by atoms with Gasteiger partial charge in [0, 0.05) is 25.0 Å². The van der Waals surface area contributed by atoms with E-state index in [1.165, 1.54) is 18.7 Å². The number of carbonyl (C=O) groups excluding carboxylic acids is 2. The Balaban J connectivity index is 1.44. The van der Waals surface area contributed by atoms with Gasteiger partial charge >= 0.3 is 0 Å². The molecule has 1 aromatic carbocycles. The van der Waals surface area contributed by atoms with Gasteiger partial charge in [0.15, 0.2) is 11.8 Å². The van der Waals surface area contributed by atoms with Gasteiger partial charge < -0.3 is 20.3 Å². The van der Waals surface area contributed by atoms with Gasteiger partial charge in [0.05, 0.1) is 17.9 Å². The van der Waals surface area contributed by atoms with Gasteiger partial charge in [0.1, 0.15) is 18.2 Å². The van der Waals surface area contributed by atoms with Gasteiger partial charge in [-0.3, -0.25) is 14.6 Å². The van der Waals surface area contributed by atoms with E-state index in [1.54, 1.807) is 9.80 Å². The molecule has 0 radical (unpaired) electrons. The Hall–Kier alpha value is -3.53. The summed E-state index contributed by atoms with van der Waals surface area (Å²) >= 11 is 5.80. The minimum Gasteiger partial charge on any atom is -0.466 e. The van der Waals surface area contributed by atoms with Crippen molar-refractivity contribution < 1.29 is 14.3 Å². The third-order valence-corrected chi connectivity index (χ3v) is 5.68. The molecule has 2 amide bonds. The number of fused-ring (bicyclic) bond motifs is 1. The van der Waals surface area contributed by atoms with Crippen molar-refractivity contribution in [3.05, 3.63) is 47.6 Å². The average molecular weight is 470 g/mol. The van der Waals surface area contributed by atoms with Crippen LogP contribution < -0.4 is 10.5 Å². The first-order valence-corrected chi connectivity index (χ1v) is 11.0. The van der Waals surface area contributed by atoms with Gasteiger partial charge in [-0.25, -0.2) is 9.97 Å². The second kappa shape index (κ2) is 9.95. The number of ether oxygens (including phenoxy) is 1. The van der Waals surface area contributed by atoms with Crippen LogP contribution in [-0.4, -0.2) is 67.3 Å². The molecule has 11 heteroatoms. The Kier molecular flexibility index (Phi) is 6.83. The molecule has 0 spiro atoms. The molecular formula is C22H24ClN7O3. The number of nitrogens with zero attached hydrogens (tertiary/aromatic N) is 6. The van der Waals surface area contributed by atoms with Gasteiger partial charge in [-0.05, 0) is 24.1 Å². The fraction of sp³-hybridized carbons (Fsp3) is 0.364. The highest BCUT2D eigenvalue weighted by molar-refractivity contribution is 6.29. The van der Waals surface area contributed by atoms with Crippen molar-refractivity contribution in [2.24, 2.45) is 0 Å². The summed E-state index contributed by atoms with van der Waals surface area (Å²) in [7, 11) is 0. The lowest BCUT2D eigenvalue weighted by Crippen LogP contribution is -2.59. The number of benzene rings is 1. The summed E-state index contributed by atoms with van der Waals surface area (Å²) in [5.74, 6) is 0.222. The highest BCUT2D eigenvalue weighted by Gasteiger charge is 2.36. The van der Waals surface area contributed by atoms with E-state index in [-0.39, 0.29) is 29.5 Å². The highest BCUT2D eigenvalue weighted by atomic mass is 35.5. The number of anilines is 1. The molecule has 1 aliphatic rings. The Bertz CT molecular complexity index is 1180. The molecule has 3 heterocycles. The Morgan fingerprint density at radius 3 is 2.91 bits per heavy atom. The molecule has 1 aliphatic heterocycles. The van der Waals surface area contributed by atoms with Crippen LogP contribution in [0, 0.1) is 0 Å².